The molecule has 30 heavy (non-hydrogen) atoms. The van der Waals surface area contributed by atoms with E-state index >= 15 is 0 Å². The van der Waals surface area contributed by atoms with E-state index in [1.165, 1.54) is 0 Å². The summed E-state index contributed by atoms with van der Waals surface area (Å²) in [5.74, 6) is 2.26. The van der Waals surface area contributed by atoms with Gasteiger partial charge in [0, 0.05) is 6.54 Å². The molecule has 4 rings (SSSR count). The van der Waals surface area contributed by atoms with Gasteiger partial charge >= 0.3 is 0 Å². The fourth-order valence-electron chi connectivity index (χ4n) is 3.13. The van der Waals surface area contributed by atoms with Gasteiger partial charge in [0.15, 0.2) is 23.0 Å². The highest BCUT2D eigenvalue weighted by Crippen LogP contribution is 2.31. The number of carbonyl (C=O) groups excluding carboxylic acids is 1. The zero-order valence-electron chi connectivity index (χ0n) is 16.7. The van der Waals surface area contributed by atoms with Crippen LogP contribution >= 0.6 is 0 Å². The van der Waals surface area contributed by atoms with Gasteiger partial charge in [0.1, 0.15) is 13.2 Å². The second-order valence-electron chi connectivity index (χ2n) is 6.84. The predicted octanol–water partition coefficient (Wildman–Crippen LogP) is 3.73. The minimum absolute atomic E-state index is 0.179. The third kappa shape index (κ3) is 4.66. The molecule has 1 aliphatic rings. The van der Waals surface area contributed by atoms with Crippen LogP contribution in [0, 0.1) is 0 Å². The molecule has 0 bridgehead atoms. The van der Waals surface area contributed by atoms with Gasteiger partial charge in [0.25, 0.3) is 5.91 Å². The van der Waals surface area contributed by atoms with Crippen LogP contribution in [0.1, 0.15) is 11.1 Å². The number of carbonyl (C=O) groups is 1. The number of amides is 1. The van der Waals surface area contributed by atoms with E-state index in [-0.39, 0.29) is 12.5 Å². The second kappa shape index (κ2) is 9.22. The second-order valence-corrected chi connectivity index (χ2v) is 6.84. The van der Waals surface area contributed by atoms with Crippen LogP contribution in [0.5, 0.6) is 23.0 Å². The van der Waals surface area contributed by atoms with Crippen molar-refractivity contribution >= 4 is 5.91 Å². The summed E-state index contributed by atoms with van der Waals surface area (Å²) in [7, 11) is 1.59. The van der Waals surface area contributed by atoms with E-state index in [1.807, 2.05) is 66.7 Å². The Hall–Kier alpha value is -3.67. The molecule has 154 valence electrons. The van der Waals surface area contributed by atoms with E-state index in [1.54, 1.807) is 13.2 Å². The number of benzene rings is 3. The number of nitrogens with one attached hydrogen (secondary N) is 1. The van der Waals surface area contributed by atoms with E-state index < -0.39 is 6.10 Å². The van der Waals surface area contributed by atoms with Crippen molar-refractivity contribution in [2.45, 2.75) is 19.3 Å². The molecule has 1 amide bonds. The van der Waals surface area contributed by atoms with E-state index in [4.69, 9.17) is 18.9 Å². The summed E-state index contributed by atoms with van der Waals surface area (Å²) in [5, 5.41) is 2.89. The Kier molecular flexibility index (Phi) is 6.03. The first-order valence-electron chi connectivity index (χ1n) is 9.73. The van der Waals surface area contributed by atoms with Gasteiger partial charge in [-0.1, -0.05) is 48.5 Å². The summed E-state index contributed by atoms with van der Waals surface area (Å²) in [5.41, 5.74) is 1.97. The molecule has 0 spiro atoms. The van der Waals surface area contributed by atoms with Gasteiger partial charge in [-0.3, -0.25) is 4.79 Å². The largest absolute Gasteiger partial charge is 0.493 e. The van der Waals surface area contributed by atoms with Gasteiger partial charge in [-0.05, 0) is 35.4 Å². The number of fused-ring (bicyclic) bond motifs is 1. The Morgan fingerprint density at radius 3 is 2.53 bits per heavy atom. The first-order valence-corrected chi connectivity index (χ1v) is 9.73. The van der Waals surface area contributed by atoms with Gasteiger partial charge in [-0.25, -0.2) is 0 Å². The predicted molar refractivity (Wildman–Crippen MR) is 112 cm³/mol. The van der Waals surface area contributed by atoms with Crippen molar-refractivity contribution in [3.8, 4) is 23.0 Å². The van der Waals surface area contributed by atoms with Crippen molar-refractivity contribution in [2.75, 3.05) is 13.7 Å². The number of hydrogen-bond acceptors (Lipinski definition) is 5. The summed E-state index contributed by atoms with van der Waals surface area (Å²) < 4.78 is 22.7. The fraction of sp³-hybridized carbons (Fsp3) is 0.208. The maximum atomic E-state index is 12.5. The molecule has 0 aromatic heterocycles. The normalized spacial score (nSPS) is 14.6. The lowest BCUT2D eigenvalue weighted by atomic mass is 10.2. The highest BCUT2D eigenvalue weighted by Gasteiger charge is 2.27. The summed E-state index contributed by atoms with van der Waals surface area (Å²) in [6.07, 6.45) is -0.685. The number of ether oxygens (including phenoxy) is 4. The van der Waals surface area contributed by atoms with Crippen LogP contribution in [-0.4, -0.2) is 25.7 Å². The molecule has 1 heterocycles. The van der Waals surface area contributed by atoms with Gasteiger partial charge < -0.3 is 24.3 Å². The molecule has 1 aliphatic heterocycles. The average Bonchev–Trinajstić information content (AvgIpc) is 2.81. The number of methoxy groups -OCH3 is 1. The summed E-state index contributed by atoms with van der Waals surface area (Å²) in [6.45, 7) is 0.974. The molecule has 0 aliphatic carbocycles. The smallest absolute Gasteiger partial charge is 0.264 e. The lowest BCUT2D eigenvalue weighted by Crippen LogP contribution is -2.43. The van der Waals surface area contributed by atoms with Crippen LogP contribution in [-0.2, 0) is 17.9 Å². The Labute approximate surface area is 175 Å². The standard InChI is InChI=1S/C24H23NO5/c1-27-22-13-18(11-12-20(22)28-15-17-7-3-2-4-8-17)14-25-24(26)23-16-29-19-9-5-6-10-21(19)30-23/h2-13,23H,14-16H2,1H3,(H,25,26)/t23-/m0/s1. The molecule has 3 aromatic carbocycles. The van der Waals surface area contributed by atoms with Crippen molar-refractivity contribution < 1.29 is 23.7 Å². The average molecular weight is 405 g/mol. The maximum Gasteiger partial charge on any atom is 0.264 e. The SMILES string of the molecule is COc1cc(CNC(=O)[C@@H]2COc3ccccc3O2)ccc1OCc1ccccc1. The summed E-state index contributed by atoms with van der Waals surface area (Å²) in [6, 6.07) is 22.8. The highest BCUT2D eigenvalue weighted by atomic mass is 16.6. The molecule has 1 N–H and O–H groups in total. The molecule has 0 radical (unpaired) electrons. The number of para-hydroxylation sites is 2. The molecule has 0 fully saturated rings. The molecule has 3 aromatic rings. The lowest BCUT2D eigenvalue weighted by molar-refractivity contribution is -0.130. The molecular weight excluding hydrogens is 382 g/mol. The van der Waals surface area contributed by atoms with Crippen molar-refractivity contribution in [2.24, 2.45) is 0 Å². The zero-order valence-corrected chi connectivity index (χ0v) is 16.7. The third-order valence-corrected chi connectivity index (χ3v) is 4.73. The topological polar surface area (TPSA) is 66.0 Å². The van der Waals surface area contributed by atoms with Gasteiger partial charge in [0.2, 0.25) is 6.10 Å². The molecule has 6 nitrogen and oxygen atoms in total. The Balaban J connectivity index is 1.34. The molecule has 0 saturated carbocycles. The first-order chi connectivity index (χ1) is 14.7. The van der Waals surface area contributed by atoms with Crippen LogP contribution in [0.4, 0.5) is 0 Å². The summed E-state index contributed by atoms with van der Waals surface area (Å²) >= 11 is 0. The van der Waals surface area contributed by atoms with Crippen molar-refractivity contribution in [1.82, 2.24) is 5.32 Å². The highest BCUT2D eigenvalue weighted by molar-refractivity contribution is 5.81. The van der Waals surface area contributed by atoms with Crippen molar-refractivity contribution in [1.29, 1.82) is 0 Å². The quantitative estimate of drug-likeness (QED) is 0.649. The Morgan fingerprint density at radius 2 is 1.73 bits per heavy atom. The molecular formula is C24H23NO5. The lowest BCUT2D eigenvalue weighted by Gasteiger charge is -2.25. The van der Waals surface area contributed by atoms with E-state index in [0.717, 1.165) is 11.1 Å². The minimum atomic E-state index is -0.685. The third-order valence-electron chi connectivity index (χ3n) is 4.73. The maximum absolute atomic E-state index is 12.5. The van der Waals surface area contributed by atoms with Crippen LogP contribution in [0.25, 0.3) is 0 Å². The van der Waals surface area contributed by atoms with Crippen LogP contribution in [0.15, 0.2) is 72.8 Å². The first kappa shape index (κ1) is 19.6. The number of rotatable bonds is 7. The zero-order chi connectivity index (χ0) is 20.8. The van der Waals surface area contributed by atoms with Gasteiger partial charge in [-0.2, -0.15) is 0 Å². The van der Waals surface area contributed by atoms with Gasteiger partial charge in [0.05, 0.1) is 7.11 Å². The Bertz CT molecular complexity index is 1010. The Morgan fingerprint density at radius 1 is 0.967 bits per heavy atom. The van der Waals surface area contributed by atoms with Crippen LogP contribution in [0.3, 0.4) is 0 Å². The monoisotopic (exact) mass is 405 g/mol. The van der Waals surface area contributed by atoms with Crippen molar-refractivity contribution in [3.63, 3.8) is 0 Å². The molecule has 1 atom stereocenters. The molecule has 0 unspecified atom stereocenters. The van der Waals surface area contributed by atoms with E-state index in [0.29, 0.717) is 36.1 Å². The van der Waals surface area contributed by atoms with Gasteiger partial charge in [-0.15, -0.1) is 0 Å². The molecule has 6 heteroatoms. The fourth-order valence-corrected chi connectivity index (χ4v) is 3.13. The van der Waals surface area contributed by atoms with E-state index in [2.05, 4.69) is 5.32 Å². The van der Waals surface area contributed by atoms with Crippen molar-refractivity contribution in [3.05, 3.63) is 83.9 Å². The van der Waals surface area contributed by atoms with Crippen LogP contribution in [0.2, 0.25) is 0 Å². The van der Waals surface area contributed by atoms with Crippen LogP contribution < -0.4 is 24.3 Å². The van der Waals surface area contributed by atoms with E-state index in [9.17, 15) is 4.79 Å². The molecule has 0 saturated heterocycles. The minimum Gasteiger partial charge on any atom is -0.493 e. The summed E-state index contributed by atoms with van der Waals surface area (Å²) in [4.78, 5) is 12.5. The number of hydrogen-bond donors (Lipinski definition) is 1.